The highest BCUT2D eigenvalue weighted by molar-refractivity contribution is 5.37. The zero-order valence-electron chi connectivity index (χ0n) is 4.94. The van der Waals surface area contributed by atoms with Crippen LogP contribution in [0.1, 0.15) is 11.3 Å². The summed E-state index contributed by atoms with van der Waals surface area (Å²) in [7, 11) is 0. The summed E-state index contributed by atoms with van der Waals surface area (Å²) in [5.41, 5.74) is 0.336. The number of nitriles is 2. The van der Waals surface area contributed by atoms with E-state index in [4.69, 9.17) is 10.5 Å². The van der Waals surface area contributed by atoms with E-state index in [9.17, 15) is 0 Å². The first-order valence-electron chi connectivity index (χ1n) is 2.48. The van der Waals surface area contributed by atoms with Crippen molar-refractivity contribution < 1.29 is 0 Å². The van der Waals surface area contributed by atoms with Crippen molar-refractivity contribution in [1.29, 1.82) is 10.5 Å². The van der Waals surface area contributed by atoms with Gasteiger partial charge in [-0.1, -0.05) is 0 Å². The molecule has 10 heavy (non-hydrogen) atoms. The van der Waals surface area contributed by atoms with E-state index in [-0.39, 0.29) is 11.3 Å². The molecule has 0 amide bonds. The molecule has 0 bridgehead atoms. The Hall–Kier alpha value is -1.94. The summed E-state index contributed by atoms with van der Waals surface area (Å²) in [5, 5.41) is 16.7. The summed E-state index contributed by atoms with van der Waals surface area (Å²) in [6.45, 7) is 0. The molecule has 0 saturated carbocycles. The lowest BCUT2D eigenvalue weighted by atomic mass is 10.3. The first kappa shape index (κ1) is 6.18. The minimum atomic E-state index is 0.123. The van der Waals surface area contributed by atoms with Crippen molar-refractivity contribution in [1.82, 2.24) is 9.97 Å². The number of nitrogens with zero attached hydrogens (tertiary/aromatic N) is 4. The van der Waals surface area contributed by atoms with Crippen LogP contribution in [0.15, 0.2) is 12.5 Å². The highest BCUT2D eigenvalue weighted by Gasteiger charge is 1.98. The summed E-state index contributed by atoms with van der Waals surface area (Å²) >= 11 is 0. The molecule has 0 radical (unpaired) electrons. The third-order valence-corrected chi connectivity index (χ3v) is 0.939. The molecule has 0 N–H and O–H groups in total. The van der Waals surface area contributed by atoms with Crippen LogP contribution in [0.25, 0.3) is 0 Å². The highest BCUT2D eigenvalue weighted by Crippen LogP contribution is 1.97. The molecule has 4 heteroatoms. The van der Waals surface area contributed by atoms with E-state index in [1.54, 1.807) is 12.1 Å². The van der Waals surface area contributed by atoms with Crippen LogP contribution in [-0.4, -0.2) is 9.97 Å². The van der Waals surface area contributed by atoms with Gasteiger partial charge in [-0.05, 0) is 0 Å². The Morgan fingerprint density at radius 2 is 2.10 bits per heavy atom. The van der Waals surface area contributed by atoms with Gasteiger partial charge in [0.05, 0.1) is 0 Å². The van der Waals surface area contributed by atoms with Gasteiger partial charge in [-0.15, -0.1) is 0 Å². The molecule has 0 aliphatic carbocycles. The Bertz CT molecular complexity index is 284. The van der Waals surface area contributed by atoms with Crippen molar-refractivity contribution in [2.45, 2.75) is 0 Å². The fourth-order valence-corrected chi connectivity index (χ4v) is 0.501. The van der Waals surface area contributed by atoms with Gasteiger partial charge in [0.1, 0.15) is 24.0 Å². The van der Waals surface area contributed by atoms with Crippen molar-refractivity contribution in [3.05, 3.63) is 23.8 Å². The summed E-state index contributed by atoms with van der Waals surface area (Å²) < 4.78 is 0. The van der Waals surface area contributed by atoms with E-state index in [0.717, 1.165) is 0 Å². The molecule has 1 heterocycles. The van der Waals surface area contributed by atoms with E-state index in [2.05, 4.69) is 9.97 Å². The molecule has 1 aromatic rings. The van der Waals surface area contributed by atoms with Crippen molar-refractivity contribution >= 4 is 0 Å². The fraction of sp³-hybridized carbons (Fsp3) is 0. The molecule has 0 atom stereocenters. The predicted molar refractivity (Wildman–Crippen MR) is 31.5 cm³/mol. The molecule has 1 aromatic heterocycles. The van der Waals surface area contributed by atoms with Gasteiger partial charge in [-0.2, -0.15) is 10.5 Å². The van der Waals surface area contributed by atoms with Crippen LogP contribution >= 0.6 is 0 Å². The van der Waals surface area contributed by atoms with E-state index in [1.807, 2.05) is 0 Å². The minimum Gasteiger partial charge on any atom is -0.243 e. The van der Waals surface area contributed by atoms with Crippen molar-refractivity contribution in [2.24, 2.45) is 0 Å². The molecule has 0 aliphatic heterocycles. The van der Waals surface area contributed by atoms with Crippen molar-refractivity contribution in [2.75, 3.05) is 0 Å². The lowest BCUT2D eigenvalue weighted by Crippen LogP contribution is -1.88. The zero-order chi connectivity index (χ0) is 7.40. The second kappa shape index (κ2) is 2.56. The average Bonchev–Trinajstić information content (AvgIpc) is 2.04. The van der Waals surface area contributed by atoms with Gasteiger partial charge in [0.2, 0.25) is 0 Å². The van der Waals surface area contributed by atoms with E-state index in [0.29, 0.717) is 0 Å². The lowest BCUT2D eigenvalue weighted by Gasteiger charge is -1.86. The molecule has 0 saturated heterocycles. The van der Waals surface area contributed by atoms with E-state index >= 15 is 0 Å². The zero-order valence-corrected chi connectivity index (χ0v) is 4.94. The second-order valence-corrected chi connectivity index (χ2v) is 1.51. The normalized spacial score (nSPS) is 7.80. The largest absolute Gasteiger partial charge is 0.243 e. The third-order valence-electron chi connectivity index (χ3n) is 0.939. The highest BCUT2D eigenvalue weighted by atomic mass is 14.8. The van der Waals surface area contributed by atoms with E-state index < -0.39 is 0 Å². The van der Waals surface area contributed by atoms with Crippen LogP contribution in [-0.2, 0) is 0 Å². The van der Waals surface area contributed by atoms with Crippen LogP contribution in [0.4, 0.5) is 0 Å². The summed E-state index contributed by atoms with van der Waals surface area (Å²) in [5.74, 6) is 0. The smallest absolute Gasteiger partial charge is 0.161 e. The van der Waals surface area contributed by atoms with E-state index in [1.165, 1.54) is 12.5 Å². The van der Waals surface area contributed by atoms with Gasteiger partial charge >= 0.3 is 0 Å². The third kappa shape index (κ3) is 0.910. The van der Waals surface area contributed by atoms with Crippen LogP contribution in [0.5, 0.6) is 0 Å². The molecular formula is C6H2N4. The quantitative estimate of drug-likeness (QED) is 0.503. The molecule has 1 rings (SSSR count). The van der Waals surface area contributed by atoms with Crippen LogP contribution in [0.2, 0.25) is 0 Å². The maximum absolute atomic E-state index is 8.37. The molecular weight excluding hydrogens is 128 g/mol. The molecule has 0 fully saturated rings. The Labute approximate surface area is 57.4 Å². The van der Waals surface area contributed by atoms with Crippen LogP contribution < -0.4 is 0 Å². The van der Waals surface area contributed by atoms with Gasteiger partial charge < -0.3 is 0 Å². The summed E-state index contributed by atoms with van der Waals surface area (Å²) in [6.07, 6.45) is 2.55. The SMILES string of the molecule is N#Cc1cncnc1C#N. The molecule has 0 aliphatic rings. The van der Waals surface area contributed by atoms with Gasteiger partial charge in [0.25, 0.3) is 0 Å². The monoisotopic (exact) mass is 130 g/mol. The topological polar surface area (TPSA) is 73.4 Å². The Morgan fingerprint density at radius 3 is 2.60 bits per heavy atom. The summed E-state index contributed by atoms with van der Waals surface area (Å²) in [4.78, 5) is 7.15. The fourth-order valence-electron chi connectivity index (χ4n) is 0.501. The predicted octanol–water partition coefficient (Wildman–Crippen LogP) is 0.220. The molecule has 0 unspecified atom stereocenters. The van der Waals surface area contributed by atoms with Crippen molar-refractivity contribution in [3.63, 3.8) is 0 Å². The Balaban J connectivity index is 3.28. The Morgan fingerprint density at radius 1 is 1.30 bits per heavy atom. The summed E-state index contributed by atoms with van der Waals surface area (Å²) in [6, 6.07) is 3.57. The molecule has 0 aromatic carbocycles. The average molecular weight is 130 g/mol. The Kier molecular flexibility index (Phi) is 1.58. The first-order valence-corrected chi connectivity index (χ1v) is 2.48. The molecule has 4 nitrogen and oxygen atoms in total. The maximum Gasteiger partial charge on any atom is 0.161 e. The second-order valence-electron chi connectivity index (χ2n) is 1.51. The molecule has 46 valence electrons. The lowest BCUT2D eigenvalue weighted by molar-refractivity contribution is 1.12. The van der Waals surface area contributed by atoms with Crippen LogP contribution in [0.3, 0.4) is 0 Å². The number of aromatic nitrogens is 2. The maximum atomic E-state index is 8.37. The standard InChI is InChI=1S/C6H2N4/c7-1-5-3-9-4-10-6(5)2-8/h3-4H. The van der Waals surface area contributed by atoms with Gasteiger partial charge in [-0.3, -0.25) is 0 Å². The minimum absolute atomic E-state index is 0.123. The molecule has 0 spiro atoms. The first-order chi connectivity index (χ1) is 4.88. The van der Waals surface area contributed by atoms with Gasteiger partial charge in [-0.25, -0.2) is 9.97 Å². The number of hydrogen-bond donors (Lipinski definition) is 0. The van der Waals surface area contributed by atoms with Crippen molar-refractivity contribution in [3.8, 4) is 12.1 Å². The van der Waals surface area contributed by atoms with Gasteiger partial charge in [0, 0.05) is 6.20 Å². The number of rotatable bonds is 0. The van der Waals surface area contributed by atoms with Gasteiger partial charge in [0.15, 0.2) is 5.69 Å². The number of hydrogen-bond acceptors (Lipinski definition) is 4. The van der Waals surface area contributed by atoms with Crippen LogP contribution in [0, 0.1) is 22.7 Å².